The quantitative estimate of drug-likeness (QED) is 0.683. The molecular formula is C12H13F3N2O2. The largest absolute Gasteiger partial charge is 0.542 e. The number of carbonyl (C=O) groups excluding carboxylic acids is 1. The van der Waals surface area contributed by atoms with Crippen LogP contribution in [0.4, 0.5) is 18.9 Å². The molecule has 0 saturated carbocycles. The van der Waals surface area contributed by atoms with Crippen molar-refractivity contribution in [3.63, 3.8) is 0 Å². The molecule has 0 radical (unpaired) electrons. The summed E-state index contributed by atoms with van der Waals surface area (Å²) in [6, 6.07) is 7.57. The van der Waals surface area contributed by atoms with Crippen LogP contribution in [-0.2, 0) is 10.2 Å². The SMILES string of the molecule is CC(C)(C)c1ccc([N+]#N)cc1.O=C([O-])C(F)(F)F. The normalized spacial score (nSPS) is 11.0. The maximum Gasteiger partial charge on any atom is 0.430 e. The zero-order chi connectivity index (χ0) is 15.3. The number of nitrogens with zero attached hydrogens (tertiary/aromatic N) is 2. The van der Waals surface area contributed by atoms with Crippen LogP contribution in [0.5, 0.6) is 0 Å². The average Bonchev–Trinajstić information content (AvgIpc) is 2.27. The Morgan fingerprint density at radius 1 is 1.16 bits per heavy atom. The molecule has 19 heavy (non-hydrogen) atoms. The molecule has 0 aromatic heterocycles. The van der Waals surface area contributed by atoms with E-state index >= 15 is 0 Å². The minimum Gasteiger partial charge on any atom is -0.542 e. The number of rotatable bonds is 0. The highest BCUT2D eigenvalue weighted by molar-refractivity contribution is 5.70. The first-order chi connectivity index (χ1) is 8.48. The molecule has 0 N–H and O–H groups in total. The highest BCUT2D eigenvalue weighted by Crippen LogP contribution is 2.24. The van der Waals surface area contributed by atoms with Crippen molar-refractivity contribution in [2.24, 2.45) is 0 Å². The summed E-state index contributed by atoms with van der Waals surface area (Å²) in [5, 5.41) is 17.2. The number of alkyl halides is 3. The average molecular weight is 274 g/mol. The first kappa shape index (κ1) is 16.9. The zero-order valence-electron chi connectivity index (χ0n) is 10.7. The second kappa shape index (κ2) is 6.18. The van der Waals surface area contributed by atoms with Gasteiger partial charge in [0.25, 0.3) is 0 Å². The monoisotopic (exact) mass is 274 g/mol. The van der Waals surface area contributed by atoms with Gasteiger partial charge in [0.1, 0.15) is 5.97 Å². The van der Waals surface area contributed by atoms with E-state index in [4.69, 9.17) is 15.3 Å². The predicted octanol–water partition coefficient (Wildman–Crippen LogP) is 2.77. The lowest BCUT2D eigenvalue weighted by Crippen LogP contribution is -2.37. The van der Waals surface area contributed by atoms with Gasteiger partial charge in [-0.05, 0) is 11.0 Å². The third-order valence-corrected chi connectivity index (χ3v) is 2.08. The fourth-order valence-electron chi connectivity index (χ4n) is 1.03. The molecule has 104 valence electrons. The molecule has 0 atom stereocenters. The van der Waals surface area contributed by atoms with Crippen molar-refractivity contribution in [3.05, 3.63) is 34.8 Å². The van der Waals surface area contributed by atoms with Crippen LogP contribution in [0.2, 0.25) is 0 Å². The molecule has 0 aliphatic heterocycles. The van der Waals surface area contributed by atoms with Crippen molar-refractivity contribution in [2.75, 3.05) is 0 Å². The van der Waals surface area contributed by atoms with Gasteiger partial charge < -0.3 is 9.90 Å². The molecule has 0 heterocycles. The molecule has 0 fully saturated rings. The van der Waals surface area contributed by atoms with Gasteiger partial charge in [-0.2, -0.15) is 13.2 Å². The molecule has 0 spiro atoms. The van der Waals surface area contributed by atoms with Gasteiger partial charge in [-0.3, -0.25) is 0 Å². The molecule has 7 heteroatoms. The van der Waals surface area contributed by atoms with E-state index in [9.17, 15) is 13.2 Å². The van der Waals surface area contributed by atoms with E-state index in [0.29, 0.717) is 5.69 Å². The summed E-state index contributed by atoms with van der Waals surface area (Å²) in [5.41, 5.74) is 2.01. The van der Waals surface area contributed by atoms with Crippen LogP contribution >= 0.6 is 0 Å². The Bertz CT molecular complexity index is 468. The Kier molecular flexibility index (Phi) is 5.50. The first-order valence-electron chi connectivity index (χ1n) is 5.22. The van der Waals surface area contributed by atoms with Crippen molar-refractivity contribution < 1.29 is 23.1 Å². The van der Waals surface area contributed by atoms with Crippen LogP contribution in [0.25, 0.3) is 4.98 Å². The second-order valence-corrected chi connectivity index (χ2v) is 4.68. The fourth-order valence-corrected chi connectivity index (χ4v) is 1.03. The lowest BCUT2D eigenvalue weighted by atomic mass is 9.87. The van der Waals surface area contributed by atoms with Crippen LogP contribution in [0.3, 0.4) is 0 Å². The molecular weight excluding hydrogens is 261 g/mol. The van der Waals surface area contributed by atoms with Crippen molar-refractivity contribution in [1.82, 2.24) is 0 Å². The van der Waals surface area contributed by atoms with E-state index in [1.54, 1.807) is 12.1 Å². The third kappa shape index (κ3) is 6.41. The minimum atomic E-state index is -5.19. The van der Waals surface area contributed by atoms with E-state index in [1.165, 1.54) is 5.56 Å². The summed E-state index contributed by atoms with van der Waals surface area (Å²) < 4.78 is 31.5. The number of carboxylic acid groups (broad SMARTS) is 1. The maximum absolute atomic E-state index is 10.5. The number of halogens is 3. The highest BCUT2D eigenvalue weighted by atomic mass is 19.4. The van der Waals surface area contributed by atoms with Gasteiger partial charge in [0, 0.05) is 12.1 Å². The zero-order valence-corrected chi connectivity index (χ0v) is 10.7. The van der Waals surface area contributed by atoms with E-state index in [2.05, 4.69) is 25.7 Å². The molecule has 0 unspecified atom stereocenters. The summed E-state index contributed by atoms with van der Waals surface area (Å²) in [6.07, 6.45) is -5.19. The second-order valence-electron chi connectivity index (χ2n) is 4.68. The maximum atomic E-state index is 10.5. The van der Waals surface area contributed by atoms with Crippen LogP contribution in [0.1, 0.15) is 26.3 Å². The van der Waals surface area contributed by atoms with Crippen molar-refractivity contribution >= 4 is 11.7 Å². The number of hydrogen-bond donors (Lipinski definition) is 0. The number of carboxylic acids is 1. The van der Waals surface area contributed by atoms with E-state index < -0.39 is 12.1 Å². The summed E-state index contributed by atoms with van der Waals surface area (Å²) in [5.74, 6) is -3.01. The van der Waals surface area contributed by atoms with Crippen molar-refractivity contribution in [2.45, 2.75) is 32.4 Å². The smallest absolute Gasteiger partial charge is 0.430 e. The topological polar surface area (TPSA) is 68.3 Å². The molecule has 0 bridgehead atoms. The number of hydrogen-bond acceptors (Lipinski definition) is 3. The van der Waals surface area contributed by atoms with Crippen molar-refractivity contribution in [3.8, 4) is 0 Å². The number of carbonyl (C=O) groups is 1. The summed E-state index contributed by atoms with van der Waals surface area (Å²) in [7, 11) is 0. The molecule has 1 aromatic carbocycles. The third-order valence-electron chi connectivity index (χ3n) is 2.08. The molecule has 0 amide bonds. The summed E-state index contributed by atoms with van der Waals surface area (Å²) in [4.78, 5) is 11.9. The Balaban J connectivity index is 0.000000399. The summed E-state index contributed by atoms with van der Waals surface area (Å²) in [6.45, 7) is 6.45. The summed E-state index contributed by atoms with van der Waals surface area (Å²) >= 11 is 0. The van der Waals surface area contributed by atoms with Gasteiger partial charge in [0.15, 0.2) is 4.98 Å². The Morgan fingerprint density at radius 3 is 1.74 bits per heavy atom. The van der Waals surface area contributed by atoms with Gasteiger partial charge in [-0.15, -0.1) is 0 Å². The molecule has 0 aliphatic rings. The lowest BCUT2D eigenvalue weighted by Gasteiger charge is -2.17. The Labute approximate surface area is 108 Å². The standard InChI is InChI=1S/C10H13N2.C2HF3O2/c1-10(2,3)8-4-6-9(12-11)7-5-8;3-2(4,5)1(6)7/h4-7H,1-3H3;(H,6,7)/q+1;/p-1. The van der Waals surface area contributed by atoms with Crippen LogP contribution in [-0.4, -0.2) is 12.1 Å². The minimum absolute atomic E-state index is 0.161. The number of aliphatic carboxylic acids is 1. The Hall–Kier alpha value is -2.10. The fraction of sp³-hybridized carbons (Fsp3) is 0.417. The van der Waals surface area contributed by atoms with Gasteiger partial charge in [0.2, 0.25) is 5.39 Å². The predicted molar refractivity (Wildman–Crippen MR) is 60.9 cm³/mol. The lowest BCUT2D eigenvalue weighted by molar-refractivity contribution is -0.344. The van der Waals surface area contributed by atoms with Crippen LogP contribution in [0.15, 0.2) is 24.3 Å². The van der Waals surface area contributed by atoms with Crippen LogP contribution < -0.4 is 5.11 Å². The van der Waals surface area contributed by atoms with Crippen LogP contribution in [0, 0.1) is 5.39 Å². The van der Waals surface area contributed by atoms with E-state index in [-0.39, 0.29) is 5.41 Å². The van der Waals surface area contributed by atoms with Gasteiger partial charge >= 0.3 is 11.9 Å². The molecule has 1 aromatic rings. The molecule has 4 nitrogen and oxygen atoms in total. The molecule has 0 saturated heterocycles. The number of benzene rings is 1. The Morgan fingerprint density at radius 2 is 1.53 bits per heavy atom. The van der Waals surface area contributed by atoms with Gasteiger partial charge in [-0.1, -0.05) is 32.9 Å². The van der Waals surface area contributed by atoms with Gasteiger partial charge in [-0.25, -0.2) is 0 Å². The molecule has 0 aliphatic carbocycles. The number of diazo groups is 1. The van der Waals surface area contributed by atoms with E-state index in [1.807, 2.05) is 12.1 Å². The first-order valence-corrected chi connectivity index (χ1v) is 5.22. The highest BCUT2D eigenvalue weighted by Gasteiger charge is 2.28. The van der Waals surface area contributed by atoms with Crippen molar-refractivity contribution in [1.29, 1.82) is 5.39 Å². The van der Waals surface area contributed by atoms with E-state index in [0.717, 1.165) is 0 Å². The van der Waals surface area contributed by atoms with Gasteiger partial charge in [0.05, 0.1) is 0 Å². The molecule has 1 rings (SSSR count).